The summed E-state index contributed by atoms with van der Waals surface area (Å²) in [6.07, 6.45) is 6.35. The van der Waals surface area contributed by atoms with Crippen LogP contribution in [-0.2, 0) is 0 Å². The minimum Gasteiger partial charge on any atom is -0.355 e. The number of fused-ring (bicyclic) bond motifs is 8. The van der Waals surface area contributed by atoms with Gasteiger partial charge in [0.1, 0.15) is 0 Å². The van der Waals surface area contributed by atoms with E-state index in [1.54, 1.807) is 0 Å². The normalized spacial score (nSPS) is 12.0. The van der Waals surface area contributed by atoms with Crippen LogP contribution in [0.1, 0.15) is 28.3 Å². The van der Waals surface area contributed by atoms with Gasteiger partial charge in [0.15, 0.2) is 0 Å². The third kappa shape index (κ3) is 5.85. The maximum absolute atomic E-state index is 5.42. The van der Waals surface area contributed by atoms with Crippen LogP contribution in [0, 0.1) is 0 Å². The summed E-state index contributed by atoms with van der Waals surface area (Å²) in [6, 6.07) is 53.0. The molecule has 5 heteroatoms. The van der Waals surface area contributed by atoms with Crippen LogP contribution in [0.15, 0.2) is 152 Å². The Labute approximate surface area is 301 Å². The molecule has 8 bridgehead atoms. The third-order valence-electron chi connectivity index (χ3n) is 8.89. The predicted octanol–water partition coefficient (Wildman–Crippen LogP) is 10.7. The molecule has 226 valence electrons. The largest absolute Gasteiger partial charge is 4.00 e. The minimum atomic E-state index is 0. The number of nitrogens with zero attached hydrogens (tertiary/aromatic N) is 2. The summed E-state index contributed by atoms with van der Waals surface area (Å²) in [6.45, 7) is 0. The topological polar surface area (TPSA) is 57.4 Å². The molecule has 0 saturated carbocycles. The number of hydrogen-bond donors (Lipinski definition) is 2. The van der Waals surface area contributed by atoms with Crippen molar-refractivity contribution in [3.05, 3.63) is 180 Å². The monoisotopic (exact) mass is 734 g/mol. The van der Waals surface area contributed by atoms with Gasteiger partial charge in [-0.15, -0.1) is 0 Å². The maximum atomic E-state index is 5.42. The van der Waals surface area contributed by atoms with Crippen molar-refractivity contribution in [1.82, 2.24) is 19.9 Å². The molecule has 5 heterocycles. The molecule has 0 aliphatic carbocycles. The number of benzene rings is 4. The smallest absolute Gasteiger partial charge is 0.355 e. The van der Waals surface area contributed by atoms with Gasteiger partial charge < -0.3 is 9.97 Å². The Morgan fingerprint density at radius 2 is 0.898 bits per heavy atom. The van der Waals surface area contributed by atoms with Gasteiger partial charge in [0.2, 0.25) is 0 Å². The molecule has 2 aliphatic rings. The first kappa shape index (κ1) is 30.6. The first-order valence-electron chi connectivity index (χ1n) is 16.2. The molecule has 0 amide bonds. The van der Waals surface area contributed by atoms with E-state index in [-0.39, 0.29) is 23.9 Å². The van der Waals surface area contributed by atoms with Crippen molar-refractivity contribution in [3.8, 4) is 33.4 Å². The summed E-state index contributed by atoms with van der Waals surface area (Å²) >= 11 is 0. The molecule has 0 fully saturated rings. The van der Waals surface area contributed by atoms with Gasteiger partial charge in [0, 0.05) is 38.8 Å². The zero-order valence-corrected chi connectivity index (χ0v) is 29.4. The Kier molecular flexibility index (Phi) is 8.15. The third-order valence-corrected chi connectivity index (χ3v) is 8.89. The first-order chi connectivity index (χ1) is 23.8. The Bertz CT molecular complexity index is 2530. The van der Waals surface area contributed by atoms with Crippen molar-refractivity contribution in [2.75, 3.05) is 0 Å². The SMILES string of the molecule is C1=Cc2cc3[nH]c(c(-c4ccccc4)c4nc(cc5ccc(cc1n2)[nH]5)C=C4c1ccccc1)c(-c1ccccc1)c3-c1ccccc1.[Sn+4]. The standard InChI is InChI=1S/C44H30N4.Sn/c1-5-13-29(14-6-1)38-27-37-26-35-22-21-33(45-35)25-34-23-24-36(46-34)28-39-40(30-15-7-2-8-16-30)41(31-17-9-3-10-18-31)44(48-39)42(43(38)47-37)32-19-11-4-12-20-32;/h1-28,45,48H;/q;+4. The van der Waals surface area contributed by atoms with Crippen molar-refractivity contribution in [1.29, 1.82) is 0 Å². The van der Waals surface area contributed by atoms with E-state index in [0.29, 0.717) is 0 Å². The molecule has 4 aromatic carbocycles. The molecule has 2 aliphatic heterocycles. The number of nitrogens with one attached hydrogen (secondary N) is 2. The zero-order valence-electron chi connectivity index (χ0n) is 26.6. The van der Waals surface area contributed by atoms with Gasteiger partial charge >= 0.3 is 23.9 Å². The van der Waals surface area contributed by atoms with Crippen LogP contribution in [0.3, 0.4) is 0 Å². The molecular formula is C44H30N4Sn+4. The summed E-state index contributed by atoms with van der Waals surface area (Å²) in [5.41, 5.74) is 16.3. The van der Waals surface area contributed by atoms with E-state index < -0.39 is 0 Å². The molecule has 0 radical (unpaired) electrons. The average Bonchev–Trinajstić information content (AvgIpc) is 3.94. The molecule has 0 unspecified atom stereocenters. The van der Waals surface area contributed by atoms with E-state index in [4.69, 9.17) is 9.97 Å². The van der Waals surface area contributed by atoms with Crippen LogP contribution in [0.2, 0.25) is 0 Å². The first-order valence-corrected chi connectivity index (χ1v) is 16.2. The van der Waals surface area contributed by atoms with Crippen LogP contribution in [0.4, 0.5) is 0 Å². The summed E-state index contributed by atoms with van der Waals surface area (Å²) in [5.74, 6) is 0. The summed E-state index contributed by atoms with van der Waals surface area (Å²) in [7, 11) is 0. The van der Waals surface area contributed by atoms with Gasteiger partial charge in [-0.2, -0.15) is 0 Å². The Morgan fingerprint density at radius 1 is 0.408 bits per heavy atom. The fraction of sp³-hybridized carbons (Fsp3) is 0. The molecule has 0 saturated heterocycles. The van der Waals surface area contributed by atoms with E-state index in [1.807, 2.05) is 0 Å². The predicted molar refractivity (Wildman–Crippen MR) is 205 cm³/mol. The number of aromatic amines is 2. The molecular weight excluding hydrogens is 703 g/mol. The second kappa shape index (κ2) is 13.1. The molecule has 7 aromatic rings. The molecule has 3 aromatic heterocycles. The molecule has 2 N–H and O–H groups in total. The fourth-order valence-electron chi connectivity index (χ4n) is 6.78. The molecule has 4 nitrogen and oxygen atoms in total. The van der Waals surface area contributed by atoms with Gasteiger partial charge in [-0.05, 0) is 70.8 Å². The van der Waals surface area contributed by atoms with E-state index in [9.17, 15) is 0 Å². The van der Waals surface area contributed by atoms with Gasteiger partial charge in [0.05, 0.1) is 28.3 Å². The van der Waals surface area contributed by atoms with E-state index >= 15 is 0 Å². The summed E-state index contributed by atoms with van der Waals surface area (Å²) in [5, 5.41) is 0. The van der Waals surface area contributed by atoms with Gasteiger partial charge in [-0.3, -0.25) is 0 Å². The number of aromatic nitrogens is 4. The van der Waals surface area contributed by atoms with Crippen LogP contribution in [0.5, 0.6) is 0 Å². The number of hydrogen-bond acceptors (Lipinski definition) is 2. The average molecular weight is 733 g/mol. The minimum absolute atomic E-state index is 0. The maximum Gasteiger partial charge on any atom is 4.00 e. The van der Waals surface area contributed by atoms with E-state index in [0.717, 1.165) is 89.4 Å². The Morgan fingerprint density at radius 3 is 1.49 bits per heavy atom. The van der Waals surface area contributed by atoms with Crippen molar-refractivity contribution in [2.24, 2.45) is 0 Å². The van der Waals surface area contributed by atoms with Crippen LogP contribution >= 0.6 is 0 Å². The molecule has 0 spiro atoms. The van der Waals surface area contributed by atoms with E-state index in [1.165, 1.54) is 0 Å². The van der Waals surface area contributed by atoms with Crippen molar-refractivity contribution in [2.45, 2.75) is 0 Å². The molecule has 9 rings (SSSR count). The zero-order chi connectivity index (χ0) is 31.9. The van der Waals surface area contributed by atoms with Crippen molar-refractivity contribution in [3.63, 3.8) is 0 Å². The summed E-state index contributed by atoms with van der Waals surface area (Å²) < 4.78 is 0. The fourth-order valence-corrected chi connectivity index (χ4v) is 6.78. The van der Waals surface area contributed by atoms with Crippen molar-refractivity contribution >= 4 is 69.8 Å². The Balaban J connectivity index is 0.00000348. The van der Waals surface area contributed by atoms with Crippen LogP contribution < -0.4 is 0 Å². The van der Waals surface area contributed by atoms with E-state index in [2.05, 4.69) is 180 Å². The van der Waals surface area contributed by atoms with Crippen LogP contribution in [-0.4, -0.2) is 43.8 Å². The van der Waals surface area contributed by atoms with Gasteiger partial charge in [-0.1, -0.05) is 121 Å². The number of H-pyrrole nitrogens is 2. The quantitative estimate of drug-likeness (QED) is 0.177. The Hall–Kier alpha value is -5.72. The van der Waals surface area contributed by atoms with Crippen LogP contribution in [0.25, 0.3) is 79.2 Å². The molecule has 0 atom stereocenters. The van der Waals surface area contributed by atoms with Crippen molar-refractivity contribution < 1.29 is 0 Å². The number of rotatable bonds is 4. The van der Waals surface area contributed by atoms with Gasteiger partial charge in [0.25, 0.3) is 0 Å². The second-order valence-corrected chi connectivity index (χ2v) is 12.0. The molecule has 49 heavy (non-hydrogen) atoms. The van der Waals surface area contributed by atoms with Gasteiger partial charge in [-0.25, -0.2) is 9.97 Å². The summed E-state index contributed by atoms with van der Waals surface area (Å²) in [4.78, 5) is 17.9. The second-order valence-electron chi connectivity index (χ2n) is 12.0.